The molecule has 2 N–H and O–H groups in total. The molecule has 3 aliphatic heterocycles. The van der Waals surface area contributed by atoms with Crippen molar-refractivity contribution in [3.05, 3.63) is 35.4 Å². The molecule has 3 fully saturated rings. The highest BCUT2D eigenvalue weighted by atomic mass is 16.2. The maximum atomic E-state index is 12.8. The van der Waals surface area contributed by atoms with E-state index >= 15 is 0 Å². The van der Waals surface area contributed by atoms with Crippen LogP contribution < -0.4 is 5.73 Å². The third kappa shape index (κ3) is 4.98. The van der Waals surface area contributed by atoms with Crippen LogP contribution in [0.25, 0.3) is 0 Å². The summed E-state index contributed by atoms with van der Waals surface area (Å²) >= 11 is 0. The lowest BCUT2D eigenvalue weighted by atomic mass is 9.93. The van der Waals surface area contributed by atoms with Gasteiger partial charge in [-0.25, -0.2) is 0 Å². The van der Waals surface area contributed by atoms with Gasteiger partial charge in [-0.3, -0.25) is 19.4 Å². The van der Waals surface area contributed by atoms with Crippen LogP contribution in [-0.4, -0.2) is 71.8 Å². The number of nitrogens with zero attached hydrogens (tertiary/aromatic N) is 3. The van der Waals surface area contributed by atoms with E-state index in [1.165, 1.54) is 31.2 Å². The molecule has 0 spiro atoms. The molecule has 0 bridgehead atoms. The van der Waals surface area contributed by atoms with Crippen molar-refractivity contribution in [2.75, 3.05) is 39.3 Å². The van der Waals surface area contributed by atoms with Crippen molar-refractivity contribution in [2.45, 2.75) is 51.1 Å². The first-order valence-corrected chi connectivity index (χ1v) is 11.2. The molecule has 0 radical (unpaired) electrons. The van der Waals surface area contributed by atoms with Gasteiger partial charge in [0.25, 0.3) is 0 Å². The standard InChI is InChI=1S/C23H34N4O2/c24-22(28)19-7-5-18(6-8-19)16-25-14-9-21(10-15-25)27-13-3-4-20(17-27)23(29)26-11-1-2-12-26/h5-8,20-21H,1-4,9-17H2,(H2,24,28). The van der Waals surface area contributed by atoms with E-state index in [1.807, 2.05) is 24.3 Å². The average molecular weight is 399 g/mol. The fourth-order valence-corrected chi connectivity index (χ4v) is 5.21. The molecule has 3 aliphatic rings. The molecule has 4 rings (SSSR count). The Morgan fingerprint density at radius 2 is 1.59 bits per heavy atom. The molecule has 1 atom stereocenters. The Morgan fingerprint density at radius 1 is 0.897 bits per heavy atom. The van der Waals surface area contributed by atoms with E-state index in [9.17, 15) is 9.59 Å². The van der Waals surface area contributed by atoms with Gasteiger partial charge in [0.05, 0.1) is 5.92 Å². The Hall–Kier alpha value is -1.92. The Morgan fingerprint density at radius 3 is 2.24 bits per heavy atom. The molecule has 3 heterocycles. The third-order valence-corrected chi connectivity index (χ3v) is 6.94. The fraction of sp³-hybridized carbons (Fsp3) is 0.652. The maximum absolute atomic E-state index is 12.8. The first kappa shape index (κ1) is 20.4. The number of benzene rings is 1. The number of hydrogen-bond acceptors (Lipinski definition) is 4. The van der Waals surface area contributed by atoms with Crippen molar-refractivity contribution < 1.29 is 9.59 Å². The van der Waals surface area contributed by atoms with Gasteiger partial charge in [-0.2, -0.15) is 0 Å². The van der Waals surface area contributed by atoms with Crippen molar-refractivity contribution >= 4 is 11.8 Å². The zero-order chi connectivity index (χ0) is 20.2. The number of nitrogens with two attached hydrogens (primary N) is 1. The number of rotatable bonds is 5. The molecular formula is C23H34N4O2. The molecule has 2 amide bonds. The molecule has 0 aliphatic carbocycles. The number of amides is 2. The van der Waals surface area contributed by atoms with Gasteiger partial charge in [-0.1, -0.05) is 12.1 Å². The minimum absolute atomic E-state index is 0.212. The first-order valence-electron chi connectivity index (χ1n) is 11.2. The zero-order valence-electron chi connectivity index (χ0n) is 17.4. The highest BCUT2D eigenvalue weighted by molar-refractivity contribution is 5.92. The van der Waals surface area contributed by atoms with Crippen LogP contribution in [0.2, 0.25) is 0 Å². The van der Waals surface area contributed by atoms with Gasteiger partial charge < -0.3 is 10.6 Å². The number of hydrogen-bond donors (Lipinski definition) is 1. The van der Waals surface area contributed by atoms with Gasteiger partial charge in [0.2, 0.25) is 11.8 Å². The Balaban J connectivity index is 1.25. The highest BCUT2D eigenvalue weighted by Crippen LogP contribution is 2.26. The van der Waals surface area contributed by atoms with Crippen LogP contribution in [0.15, 0.2) is 24.3 Å². The second-order valence-corrected chi connectivity index (χ2v) is 8.93. The maximum Gasteiger partial charge on any atom is 0.248 e. The lowest BCUT2D eigenvalue weighted by molar-refractivity contribution is -0.136. The predicted molar refractivity (Wildman–Crippen MR) is 113 cm³/mol. The second kappa shape index (κ2) is 9.26. The van der Waals surface area contributed by atoms with Crippen LogP contribution in [0.3, 0.4) is 0 Å². The van der Waals surface area contributed by atoms with Crippen molar-refractivity contribution in [1.29, 1.82) is 0 Å². The average Bonchev–Trinajstić information content (AvgIpc) is 3.29. The quantitative estimate of drug-likeness (QED) is 0.825. The summed E-state index contributed by atoms with van der Waals surface area (Å²) < 4.78 is 0. The summed E-state index contributed by atoms with van der Waals surface area (Å²) in [5.74, 6) is 0.244. The van der Waals surface area contributed by atoms with Crippen LogP contribution in [-0.2, 0) is 11.3 Å². The van der Waals surface area contributed by atoms with Gasteiger partial charge in [0.15, 0.2) is 0 Å². The topological polar surface area (TPSA) is 69.9 Å². The number of carbonyl (C=O) groups is 2. The minimum Gasteiger partial charge on any atom is -0.366 e. The summed E-state index contributed by atoms with van der Waals surface area (Å²) in [7, 11) is 0. The van der Waals surface area contributed by atoms with E-state index in [0.29, 0.717) is 17.5 Å². The number of primary amides is 1. The molecule has 1 unspecified atom stereocenters. The van der Waals surface area contributed by atoms with Gasteiger partial charge in [0.1, 0.15) is 0 Å². The van der Waals surface area contributed by atoms with Crippen LogP contribution in [0.1, 0.15) is 54.4 Å². The molecule has 0 aromatic heterocycles. The summed E-state index contributed by atoms with van der Waals surface area (Å²) in [6.45, 7) is 7.12. The van der Waals surface area contributed by atoms with Crippen LogP contribution in [0, 0.1) is 5.92 Å². The van der Waals surface area contributed by atoms with Gasteiger partial charge >= 0.3 is 0 Å². The smallest absolute Gasteiger partial charge is 0.248 e. The lowest BCUT2D eigenvalue weighted by Crippen LogP contribution is -2.51. The normalized spacial score (nSPS) is 24.7. The predicted octanol–water partition coefficient (Wildman–Crippen LogP) is 2.08. The molecule has 158 valence electrons. The van der Waals surface area contributed by atoms with E-state index < -0.39 is 0 Å². The van der Waals surface area contributed by atoms with Crippen molar-refractivity contribution in [3.8, 4) is 0 Å². The fourth-order valence-electron chi connectivity index (χ4n) is 5.21. The van der Waals surface area contributed by atoms with Gasteiger partial charge in [-0.15, -0.1) is 0 Å². The molecule has 3 saturated heterocycles. The highest BCUT2D eigenvalue weighted by Gasteiger charge is 2.34. The largest absolute Gasteiger partial charge is 0.366 e. The van der Waals surface area contributed by atoms with E-state index in [2.05, 4.69) is 14.7 Å². The SMILES string of the molecule is NC(=O)c1ccc(CN2CCC(N3CCCC(C(=O)N4CCCC4)C3)CC2)cc1. The Bertz CT molecular complexity index is 706. The molecule has 6 heteroatoms. The van der Waals surface area contributed by atoms with Crippen LogP contribution in [0.4, 0.5) is 0 Å². The zero-order valence-corrected chi connectivity index (χ0v) is 17.4. The lowest BCUT2D eigenvalue weighted by Gasteiger charge is -2.42. The van der Waals surface area contributed by atoms with Crippen molar-refractivity contribution in [3.63, 3.8) is 0 Å². The molecule has 0 saturated carbocycles. The van der Waals surface area contributed by atoms with E-state index in [4.69, 9.17) is 5.73 Å². The van der Waals surface area contributed by atoms with E-state index in [-0.39, 0.29) is 11.8 Å². The summed E-state index contributed by atoms with van der Waals surface area (Å²) in [4.78, 5) is 31.2. The Labute approximate surface area is 174 Å². The second-order valence-electron chi connectivity index (χ2n) is 8.93. The van der Waals surface area contributed by atoms with Crippen molar-refractivity contribution in [2.24, 2.45) is 11.7 Å². The molecular weight excluding hydrogens is 364 g/mol. The monoisotopic (exact) mass is 398 g/mol. The first-order chi connectivity index (χ1) is 14.1. The number of piperidine rings is 2. The summed E-state index contributed by atoms with van der Waals surface area (Å²) in [6, 6.07) is 8.25. The summed E-state index contributed by atoms with van der Waals surface area (Å²) in [5, 5.41) is 0. The summed E-state index contributed by atoms with van der Waals surface area (Å²) in [6.07, 6.45) is 6.90. The number of likely N-dealkylation sites (tertiary alicyclic amines) is 3. The number of carbonyl (C=O) groups excluding carboxylic acids is 2. The summed E-state index contributed by atoms with van der Waals surface area (Å²) in [5.41, 5.74) is 7.11. The molecule has 1 aromatic carbocycles. The van der Waals surface area contributed by atoms with Gasteiger partial charge in [-0.05, 0) is 75.9 Å². The molecule has 29 heavy (non-hydrogen) atoms. The van der Waals surface area contributed by atoms with Crippen LogP contribution >= 0.6 is 0 Å². The molecule has 1 aromatic rings. The van der Waals surface area contributed by atoms with E-state index in [0.717, 1.165) is 58.7 Å². The van der Waals surface area contributed by atoms with E-state index in [1.54, 1.807) is 0 Å². The van der Waals surface area contributed by atoms with Gasteiger partial charge in [0, 0.05) is 37.8 Å². The van der Waals surface area contributed by atoms with Crippen molar-refractivity contribution in [1.82, 2.24) is 14.7 Å². The third-order valence-electron chi connectivity index (χ3n) is 6.94. The molecule has 6 nitrogen and oxygen atoms in total. The Kier molecular flexibility index (Phi) is 6.50. The van der Waals surface area contributed by atoms with Crippen LogP contribution in [0.5, 0.6) is 0 Å². The minimum atomic E-state index is -0.375.